The third-order valence-electron chi connectivity index (χ3n) is 4.31. The number of hydrogen-bond donors (Lipinski definition) is 2. The summed E-state index contributed by atoms with van der Waals surface area (Å²) in [6.45, 7) is 0. The van der Waals surface area contributed by atoms with E-state index in [4.69, 9.17) is 11.6 Å². The molecule has 4 rings (SSSR count). The van der Waals surface area contributed by atoms with Crippen LogP contribution in [0.5, 0.6) is 0 Å². The van der Waals surface area contributed by atoms with Gasteiger partial charge >= 0.3 is 5.91 Å². The molecule has 0 atom stereocenters. The Morgan fingerprint density at radius 2 is 1.61 bits per heavy atom. The zero-order valence-electron chi connectivity index (χ0n) is 16.2. The second-order valence-electron chi connectivity index (χ2n) is 6.54. The van der Waals surface area contributed by atoms with Crippen LogP contribution in [0.3, 0.4) is 0 Å². The zero-order chi connectivity index (χ0) is 21.6. The van der Waals surface area contributed by atoms with Crippen LogP contribution < -0.4 is 10.9 Å². The summed E-state index contributed by atoms with van der Waals surface area (Å²) in [5, 5.41) is 4.69. The molecule has 0 saturated heterocycles. The smallest absolute Gasteiger partial charge is 0.273 e. The Labute approximate surface area is 182 Å². The maximum absolute atomic E-state index is 12.6. The minimum atomic E-state index is -0.630. The van der Waals surface area contributed by atoms with E-state index in [1.54, 1.807) is 16.8 Å². The lowest BCUT2D eigenvalue weighted by atomic mass is 10.2. The van der Waals surface area contributed by atoms with E-state index in [1.807, 2.05) is 60.7 Å². The summed E-state index contributed by atoms with van der Waals surface area (Å²) in [6, 6.07) is 22.1. The fourth-order valence-corrected chi connectivity index (χ4v) is 2.97. The summed E-state index contributed by atoms with van der Waals surface area (Å²) in [5.74, 6) is -0.607. The molecule has 0 aliphatic heterocycles. The maximum atomic E-state index is 12.6. The quantitative estimate of drug-likeness (QED) is 0.373. The molecule has 2 aromatic heterocycles. The van der Waals surface area contributed by atoms with Gasteiger partial charge in [0.1, 0.15) is 5.15 Å². The highest BCUT2D eigenvalue weighted by atomic mass is 35.5. The van der Waals surface area contributed by atoms with Crippen LogP contribution >= 0.6 is 11.6 Å². The molecule has 0 saturated carbocycles. The molecule has 0 bridgehead atoms. The molecular formula is C22H17ClN6O2. The average Bonchev–Trinajstić information content (AvgIpc) is 3.26. The molecular weight excluding hydrogens is 416 g/mol. The van der Waals surface area contributed by atoms with Crippen molar-refractivity contribution in [2.75, 3.05) is 0 Å². The molecule has 0 aliphatic carbocycles. The first-order valence-electron chi connectivity index (χ1n) is 9.37. The Morgan fingerprint density at radius 1 is 0.903 bits per heavy atom. The number of amides is 2. The number of pyridine rings is 1. The molecule has 0 unspecified atom stereocenters. The van der Waals surface area contributed by atoms with Gasteiger partial charge in [0.2, 0.25) is 11.7 Å². The van der Waals surface area contributed by atoms with Gasteiger partial charge in [0.15, 0.2) is 5.82 Å². The van der Waals surface area contributed by atoms with Gasteiger partial charge in [-0.15, -0.1) is 5.10 Å². The van der Waals surface area contributed by atoms with Gasteiger partial charge < -0.3 is 0 Å². The van der Waals surface area contributed by atoms with Crippen molar-refractivity contribution in [3.05, 3.63) is 95.5 Å². The van der Waals surface area contributed by atoms with Crippen LogP contribution in [0, 0.1) is 0 Å². The van der Waals surface area contributed by atoms with E-state index in [1.165, 1.54) is 6.20 Å². The number of nitrogens with one attached hydrogen (secondary N) is 2. The van der Waals surface area contributed by atoms with E-state index < -0.39 is 11.8 Å². The predicted molar refractivity (Wildman–Crippen MR) is 115 cm³/mol. The van der Waals surface area contributed by atoms with E-state index in [2.05, 4.69) is 25.9 Å². The van der Waals surface area contributed by atoms with Crippen molar-refractivity contribution in [3.63, 3.8) is 0 Å². The van der Waals surface area contributed by atoms with Crippen molar-refractivity contribution in [1.29, 1.82) is 0 Å². The van der Waals surface area contributed by atoms with Crippen LogP contribution in [0.1, 0.15) is 16.2 Å². The molecule has 4 aromatic rings. The van der Waals surface area contributed by atoms with Crippen LogP contribution in [-0.2, 0) is 11.2 Å². The lowest BCUT2D eigenvalue weighted by Crippen LogP contribution is -2.42. The number of hydrogen-bond acceptors (Lipinski definition) is 5. The monoisotopic (exact) mass is 432 g/mol. The molecule has 31 heavy (non-hydrogen) atoms. The summed E-state index contributed by atoms with van der Waals surface area (Å²) in [4.78, 5) is 33.0. The van der Waals surface area contributed by atoms with E-state index in [-0.39, 0.29) is 12.2 Å². The van der Waals surface area contributed by atoms with Gasteiger partial charge in [-0.2, -0.15) is 0 Å². The third-order valence-corrected chi connectivity index (χ3v) is 4.54. The van der Waals surface area contributed by atoms with Gasteiger partial charge in [-0.3, -0.25) is 20.4 Å². The van der Waals surface area contributed by atoms with E-state index in [9.17, 15) is 9.59 Å². The number of rotatable bonds is 5. The molecule has 2 heterocycles. The summed E-state index contributed by atoms with van der Waals surface area (Å²) >= 11 is 5.74. The SMILES string of the molecule is O=C(Cc1ccc(Cl)nc1)NNC(=O)c1nc(-c2ccccc2)n(-c2ccccc2)n1. The standard InChI is InChI=1S/C22H17ClN6O2/c23-18-12-11-15(14-24-18)13-19(30)26-27-22(31)20-25-21(16-7-3-1-4-8-16)29(28-20)17-9-5-2-6-10-17/h1-12,14H,13H2,(H,26,30)(H,27,31). The lowest BCUT2D eigenvalue weighted by Gasteiger charge is -2.05. The highest BCUT2D eigenvalue weighted by Crippen LogP contribution is 2.20. The fourth-order valence-electron chi connectivity index (χ4n) is 2.85. The molecule has 0 fully saturated rings. The van der Waals surface area contributed by atoms with Crippen LogP contribution in [0.15, 0.2) is 79.0 Å². The van der Waals surface area contributed by atoms with Gasteiger partial charge in [0, 0.05) is 11.8 Å². The Morgan fingerprint density at radius 3 is 2.29 bits per heavy atom. The van der Waals surface area contributed by atoms with Crippen LogP contribution in [0.25, 0.3) is 17.1 Å². The second kappa shape index (κ2) is 9.19. The third kappa shape index (κ3) is 4.93. The van der Waals surface area contributed by atoms with Gasteiger partial charge in [0.05, 0.1) is 12.1 Å². The summed E-state index contributed by atoms with van der Waals surface area (Å²) in [7, 11) is 0. The van der Waals surface area contributed by atoms with Gasteiger partial charge in [-0.05, 0) is 23.8 Å². The summed E-state index contributed by atoms with van der Waals surface area (Å²) < 4.78 is 1.59. The fraction of sp³-hybridized carbons (Fsp3) is 0.0455. The van der Waals surface area contributed by atoms with E-state index in [0.29, 0.717) is 16.5 Å². The van der Waals surface area contributed by atoms with Crippen molar-refractivity contribution >= 4 is 23.4 Å². The number of halogens is 1. The Bertz CT molecular complexity index is 1140. The molecule has 0 aliphatic rings. The minimum absolute atomic E-state index is 0.0333. The highest BCUT2D eigenvalue weighted by molar-refractivity contribution is 6.29. The average molecular weight is 433 g/mol. The molecule has 9 heteroatoms. The van der Waals surface area contributed by atoms with E-state index >= 15 is 0 Å². The van der Waals surface area contributed by atoms with Gasteiger partial charge in [0.25, 0.3) is 0 Å². The number of hydrazine groups is 1. The Balaban J connectivity index is 1.51. The van der Waals surface area contributed by atoms with Crippen LogP contribution in [0.4, 0.5) is 0 Å². The minimum Gasteiger partial charge on any atom is -0.273 e. The summed E-state index contributed by atoms with van der Waals surface area (Å²) in [6.07, 6.45) is 1.53. The normalized spacial score (nSPS) is 10.5. The van der Waals surface area contributed by atoms with Crippen molar-refractivity contribution < 1.29 is 9.59 Å². The van der Waals surface area contributed by atoms with Crippen molar-refractivity contribution in [3.8, 4) is 17.1 Å². The first kappa shape index (κ1) is 20.2. The van der Waals surface area contributed by atoms with Crippen LogP contribution in [-0.4, -0.2) is 31.6 Å². The Kier molecular flexibility index (Phi) is 6.00. The number of para-hydroxylation sites is 1. The molecule has 0 radical (unpaired) electrons. The predicted octanol–water partition coefficient (Wildman–Crippen LogP) is 2.99. The van der Waals surface area contributed by atoms with Gasteiger partial charge in [-0.25, -0.2) is 14.6 Å². The molecule has 8 nitrogen and oxygen atoms in total. The molecule has 0 spiro atoms. The first-order chi connectivity index (χ1) is 15.1. The Hall–Kier alpha value is -4.04. The second-order valence-corrected chi connectivity index (χ2v) is 6.93. The molecule has 2 amide bonds. The molecule has 154 valence electrons. The largest absolute Gasteiger partial charge is 0.309 e. The number of carbonyl (C=O) groups excluding carboxylic acids is 2. The number of benzene rings is 2. The van der Waals surface area contributed by atoms with E-state index in [0.717, 1.165) is 11.3 Å². The topological polar surface area (TPSA) is 102 Å². The van der Waals surface area contributed by atoms with Crippen molar-refractivity contribution in [2.24, 2.45) is 0 Å². The number of carbonyl (C=O) groups is 2. The molecule has 2 N–H and O–H groups in total. The lowest BCUT2D eigenvalue weighted by molar-refractivity contribution is -0.121. The first-order valence-corrected chi connectivity index (χ1v) is 9.75. The molecule has 2 aromatic carbocycles. The van der Waals surface area contributed by atoms with Crippen molar-refractivity contribution in [1.82, 2.24) is 30.6 Å². The van der Waals surface area contributed by atoms with Crippen LogP contribution in [0.2, 0.25) is 5.15 Å². The summed E-state index contributed by atoms with van der Waals surface area (Å²) in [5.41, 5.74) is 6.94. The van der Waals surface area contributed by atoms with Crippen molar-refractivity contribution in [2.45, 2.75) is 6.42 Å². The number of nitrogens with zero attached hydrogens (tertiary/aromatic N) is 4. The van der Waals surface area contributed by atoms with Gasteiger partial charge in [-0.1, -0.05) is 66.2 Å². The highest BCUT2D eigenvalue weighted by Gasteiger charge is 2.19. The zero-order valence-corrected chi connectivity index (χ0v) is 17.0. The number of aromatic nitrogens is 4. The maximum Gasteiger partial charge on any atom is 0.309 e.